The number of hydrogen-bond acceptors (Lipinski definition) is 5. The molecule has 1 aromatic carbocycles. The summed E-state index contributed by atoms with van der Waals surface area (Å²) in [4.78, 5) is -1.03. The van der Waals surface area contributed by atoms with Crippen molar-refractivity contribution >= 4 is 23.9 Å². The van der Waals surface area contributed by atoms with Crippen LogP contribution in [0, 0.1) is 18.6 Å². The fourth-order valence-electron chi connectivity index (χ4n) is 2.10. The van der Waals surface area contributed by atoms with Gasteiger partial charge in [0, 0.05) is 20.7 Å². The molecule has 1 heterocycles. The zero-order chi connectivity index (χ0) is 19.5. The molecule has 26 heavy (non-hydrogen) atoms. The molecule has 0 aliphatic rings. The highest BCUT2D eigenvalue weighted by atomic mass is 32.2. The number of hydrogen-bond donors (Lipinski definition) is 0. The first-order chi connectivity index (χ1) is 12.0. The Balaban J connectivity index is 2.35. The van der Waals surface area contributed by atoms with Crippen LogP contribution in [0.25, 0.3) is 0 Å². The summed E-state index contributed by atoms with van der Waals surface area (Å²) in [6.07, 6.45) is 1.17. The number of aromatic nitrogens is 1. The second-order valence-corrected chi connectivity index (χ2v) is 14.5. The molecule has 1 aromatic heterocycles. The van der Waals surface area contributed by atoms with Crippen LogP contribution >= 0.6 is 0 Å². The minimum Gasteiger partial charge on any atom is -0.363 e. The molecule has 2 aromatic rings. The van der Waals surface area contributed by atoms with Gasteiger partial charge < -0.3 is 9.26 Å². The molecule has 0 fully saturated rings. The lowest BCUT2D eigenvalue weighted by Gasteiger charge is -2.23. The Morgan fingerprint density at radius 3 is 2.50 bits per heavy atom. The van der Waals surface area contributed by atoms with E-state index in [9.17, 15) is 17.2 Å². The summed E-state index contributed by atoms with van der Waals surface area (Å²) < 4.78 is 65.2. The molecule has 10 heteroatoms. The highest BCUT2D eigenvalue weighted by Crippen LogP contribution is 2.28. The number of ether oxygens (including phenoxy) is 1. The quantitative estimate of drug-likeness (QED) is 0.380. The molecule has 0 radical (unpaired) electrons. The Morgan fingerprint density at radius 2 is 1.92 bits per heavy atom. The average molecular weight is 405 g/mol. The molecule has 0 spiro atoms. The number of nitrogens with zero attached hydrogens (tertiary/aromatic N) is 2. The summed E-state index contributed by atoms with van der Waals surface area (Å²) in [6.45, 7) is 7.73. The lowest BCUT2D eigenvalue weighted by atomic mass is 10.2. The number of halogens is 2. The fourth-order valence-corrected chi connectivity index (χ4v) is 4.33. The topological polar surface area (TPSA) is 72.6 Å². The second-order valence-electron chi connectivity index (χ2n) is 7.07. The Bertz CT molecular complexity index is 852. The summed E-state index contributed by atoms with van der Waals surface area (Å²) in [7, 11) is -5.95. The molecule has 0 bridgehead atoms. The zero-order valence-corrected chi connectivity index (χ0v) is 16.9. The van der Waals surface area contributed by atoms with E-state index in [1.165, 1.54) is 25.3 Å². The van der Waals surface area contributed by atoms with Crippen LogP contribution in [-0.2, 0) is 14.8 Å². The van der Waals surface area contributed by atoms with E-state index in [1.807, 2.05) is 0 Å². The molecule has 0 saturated heterocycles. The SMILES string of the molecule is Cc1ccc(F)c(S(=O)(=O)N(COCC[Si](C)(C)C)c2ccon2)c1F. The molecule has 2 rings (SSSR count). The first kappa shape index (κ1) is 20.5. The fraction of sp³-hybridized carbons (Fsp3) is 0.438. The van der Waals surface area contributed by atoms with E-state index in [4.69, 9.17) is 4.74 Å². The number of benzene rings is 1. The van der Waals surface area contributed by atoms with Gasteiger partial charge in [0.15, 0.2) is 10.7 Å². The minimum absolute atomic E-state index is 0.0183. The molecule has 6 nitrogen and oxygen atoms in total. The number of rotatable bonds is 8. The van der Waals surface area contributed by atoms with Crippen LogP contribution < -0.4 is 4.31 Å². The van der Waals surface area contributed by atoms with Crippen LogP contribution in [0.1, 0.15) is 5.56 Å². The monoisotopic (exact) mass is 404 g/mol. The van der Waals surface area contributed by atoms with Crippen LogP contribution in [0.3, 0.4) is 0 Å². The molecule has 0 saturated carbocycles. The van der Waals surface area contributed by atoms with E-state index in [1.54, 1.807) is 0 Å². The smallest absolute Gasteiger partial charge is 0.273 e. The summed E-state index contributed by atoms with van der Waals surface area (Å²) >= 11 is 0. The maximum absolute atomic E-state index is 14.4. The summed E-state index contributed by atoms with van der Waals surface area (Å²) in [5, 5.41) is 3.57. The zero-order valence-electron chi connectivity index (χ0n) is 15.1. The Hall–Kier alpha value is -1.78. The van der Waals surface area contributed by atoms with Crippen molar-refractivity contribution in [1.82, 2.24) is 5.16 Å². The predicted molar refractivity (Wildman–Crippen MR) is 96.2 cm³/mol. The van der Waals surface area contributed by atoms with Gasteiger partial charge in [-0.25, -0.2) is 21.5 Å². The van der Waals surface area contributed by atoms with Crippen molar-refractivity contribution < 1.29 is 26.5 Å². The third-order valence-corrected chi connectivity index (χ3v) is 7.14. The number of sulfonamides is 1. The van der Waals surface area contributed by atoms with Crippen LogP contribution in [0.4, 0.5) is 14.6 Å². The van der Waals surface area contributed by atoms with Crippen molar-refractivity contribution in [3.63, 3.8) is 0 Å². The Morgan fingerprint density at radius 1 is 1.23 bits per heavy atom. The van der Waals surface area contributed by atoms with Crippen LogP contribution in [0.2, 0.25) is 25.7 Å². The normalized spacial score (nSPS) is 12.4. The molecule has 0 N–H and O–H groups in total. The second kappa shape index (κ2) is 7.85. The van der Waals surface area contributed by atoms with Gasteiger partial charge in [-0.1, -0.05) is 30.9 Å². The largest absolute Gasteiger partial charge is 0.363 e. The van der Waals surface area contributed by atoms with Crippen molar-refractivity contribution in [3.8, 4) is 0 Å². The van der Waals surface area contributed by atoms with Gasteiger partial charge in [-0.05, 0) is 24.6 Å². The van der Waals surface area contributed by atoms with E-state index in [-0.39, 0.29) is 11.4 Å². The van der Waals surface area contributed by atoms with Crippen molar-refractivity contribution in [2.24, 2.45) is 0 Å². The highest BCUT2D eigenvalue weighted by Gasteiger charge is 2.33. The lowest BCUT2D eigenvalue weighted by Crippen LogP contribution is -2.35. The van der Waals surface area contributed by atoms with Crippen molar-refractivity contribution in [2.45, 2.75) is 37.5 Å². The Labute approximate surface area is 152 Å². The van der Waals surface area contributed by atoms with Gasteiger partial charge in [-0.2, -0.15) is 0 Å². The van der Waals surface area contributed by atoms with Gasteiger partial charge in [0.2, 0.25) is 0 Å². The molecular formula is C16H22F2N2O4SSi. The van der Waals surface area contributed by atoms with E-state index in [0.717, 1.165) is 12.1 Å². The minimum atomic E-state index is -4.58. The highest BCUT2D eigenvalue weighted by molar-refractivity contribution is 7.92. The summed E-state index contributed by atoms with van der Waals surface area (Å²) in [5.74, 6) is -2.43. The van der Waals surface area contributed by atoms with Crippen LogP contribution in [-0.4, -0.2) is 35.0 Å². The average Bonchev–Trinajstić information content (AvgIpc) is 3.03. The van der Waals surface area contributed by atoms with Gasteiger partial charge in [-0.15, -0.1) is 0 Å². The standard InChI is InChI=1S/C16H22F2N2O4SSi/c1-12-5-6-13(17)16(15(12)18)25(21,22)20(14-7-8-24-19-14)11-23-9-10-26(2,3)4/h5-8H,9-11H2,1-4H3. The summed E-state index contributed by atoms with van der Waals surface area (Å²) in [6, 6.07) is 4.19. The first-order valence-electron chi connectivity index (χ1n) is 7.99. The maximum Gasteiger partial charge on any atom is 0.273 e. The van der Waals surface area contributed by atoms with Gasteiger partial charge in [0.1, 0.15) is 24.6 Å². The molecular weight excluding hydrogens is 382 g/mol. The molecule has 0 amide bonds. The van der Waals surface area contributed by atoms with Crippen molar-refractivity contribution in [1.29, 1.82) is 0 Å². The van der Waals surface area contributed by atoms with E-state index in [2.05, 4.69) is 29.3 Å². The van der Waals surface area contributed by atoms with Crippen molar-refractivity contribution in [2.75, 3.05) is 17.6 Å². The van der Waals surface area contributed by atoms with Crippen molar-refractivity contribution in [3.05, 3.63) is 41.7 Å². The third kappa shape index (κ3) is 4.68. The predicted octanol–water partition coefficient (Wildman–Crippen LogP) is 3.77. The first-order valence-corrected chi connectivity index (χ1v) is 13.1. The van der Waals surface area contributed by atoms with Gasteiger partial charge in [-0.3, -0.25) is 0 Å². The van der Waals surface area contributed by atoms with Gasteiger partial charge >= 0.3 is 0 Å². The van der Waals surface area contributed by atoms with Gasteiger partial charge in [0.05, 0.1) is 0 Å². The molecule has 0 aliphatic heterocycles. The van der Waals surface area contributed by atoms with E-state index < -0.39 is 41.4 Å². The molecule has 0 unspecified atom stereocenters. The molecule has 0 atom stereocenters. The maximum atomic E-state index is 14.4. The molecule has 144 valence electrons. The van der Waals surface area contributed by atoms with Gasteiger partial charge in [0.25, 0.3) is 10.0 Å². The number of anilines is 1. The third-order valence-electron chi connectivity index (χ3n) is 3.67. The Kier molecular flexibility index (Phi) is 6.19. The van der Waals surface area contributed by atoms with Crippen LogP contribution in [0.5, 0.6) is 0 Å². The van der Waals surface area contributed by atoms with E-state index in [0.29, 0.717) is 10.9 Å². The number of aryl methyl sites for hydroxylation is 1. The lowest BCUT2D eigenvalue weighted by molar-refractivity contribution is 0.155. The van der Waals surface area contributed by atoms with E-state index >= 15 is 0 Å². The summed E-state index contributed by atoms with van der Waals surface area (Å²) in [5.41, 5.74) is 0.0183. The van der Waals surface area contributed by atoms with Crippen LogP contribution in [0.15, 0.2) is 33.9 Å². The molecule has 0 aliphatic carbocycles.